The molecule has 0 atom stereocenters. The minimum absolute atomic E-state index is 0.278. The Labute approximate surface area is 160 Å². The maximum atomic E-state index is 12.6. The van der Waals surface area contributed by atoms with Crippen LogP contribution in [0.3, 0.4) is 0 Å². The predicted octanol–water partition coefficient (Wildman–Crippen LogP) is 3.48. The average molecular weight is 443 g/mol. The second-order valence-corrected chi connectivity index (χ2v) is 7.90. The quantitative estimate of drug-likeness (QED) is 0.684. The molecule has 2 aromatic carbocycles. The molecule has 0 saturated heterocycles. The highest BCUT2D eigenvalue weighted by atomic mass is 79.9. The number of rotatable bonds is 7. The highest BCUT2D eigenvalue weighted by molar-refractivity contribution is 9.10. The largest absolute Gasteiger partial charge is 0.493 e. The van der Waals surface area contributed by atoms with Gasteiger partial charge >= 0.3 is 0 Å². The first-order valence-corrected chi connectivity index (χ1v) is 10.3. The summed E-state index contributed by atoms with van der Waals surface area (Å²) in [5, 5.41) is 2.70. The molecule has 0 fully saturated rings. The molecule has 2 aromatic rings. The van der Waals surface area contributed by atoms with E-state index in [0.29, 0.717) is 33.8 Å². The van der Waals surface area contributed by atoms with Gasteiger partial charge in [-0.05, 0) is 47.1 Å². The first kappa shape index (κ1) is 20.1. The maximum absolute atomic E-state index is 12.6. The molecule has 0 aliphatic carbocycles. The molecule has 0 radical (unpaired) electrons. The summed E-state index contributed by atoms with van der Waals surface area (Å²) in [5.74, 6) is 0.495. The minimum atomic E-state index is -3.47. The summed E-state index contributed by atoms with van der Waals surface area (Å²) in [6.45, 7) is 2.29. The van der Waals surface area contributed by atoms with E-state index in [0.717, 1.165) is 6.26 Å². The summed E-state index contributed by atoms with van der Waals surface area (Å²) in [4.78, 5) is 12.6. The number of hydrogen-bond acceptors (Lipinski definition) is 5. The van der Waals surface area contributed by atoms with E-state index in [2.05, 4.69) is 26.0 Å². The number of carbonyl (C=O) groups excluding carboxylic acids is 1. The van der Waals surface area contributed by atoms with E-state index >= 15 is 0 Å². The van der Waals surface area contributed by atoms with Gasteiger partial charge in [-0.1, -0.05) is 12.1 Å². The Hall–Kier alpha value is -2.26. The number of sulfonamides is 1. The summed E-state index contributed by atoms with van der Waals surface area (Å²) < 4.78 is 36.7. The molecule has 0 aliphatic heterocycles. The molecular formula is C17H19BrN2O5S. The standard InChI is InChI=1S/C17H19BrN2O5S/c1-4-25-16-12(18)9-11(10-15(16)24-2)17(21)19-13-7-5-6-8-14(13)20-26(3,22)23/h5-10,20H,4H2,1-3H3,(H,19,21). The van der Waals surface area contributed by atoms with Crippen LogP contribution in [0.2, 0.25) is 0 Å². The van der Waals surface area contributed by atoms with Gasteiger partial charge in [-0.3, -0.25) is 9.52 Å². The van der Waals surface area contributed by atoms with Crippen molar-refractivity contribution in [2.24, 2.45) is 0 Å². The van der Waals surface area contributed by atoms with Crippen molar-refractivity contribution in [1.29, 1.82) is 0 Å². The molecule has 0 unspecified atom stereocenters. The van der Waals surface area contributed by atoms with E-state index in [1.807, 2.05) is 6.92 Å². The van der Waals surface area contributed by atoms with Gasteiger partial charge in [0.25, 0.3) is 5.91 Å². The van der Waals surface area contributed by atoms with Crippen molar-refractivity contribution in [3.8, 4) is 11.5 Å². The number of amides is 1. The van der Waals surface area contributed by atoms with Crippen LogP contribution >= 0.6 is 15.9 Å². The zero-order valence-electron chi connectivity index (χ0n) is 14.5. The van der Waals surface area contributed by atoms with Crippen molar-refractivity contribution < 1.29 is 22.7 Å². The van der Waals surface area contributed by atoms with Crippen molar-refractivity contribution in [2.75, 3.05) is 30.0 Å². The number of nitrogens with one attached hydrogen (secondary N) is 2. The summed E-state index contributed by atoms with van der Waals surface area (Å²) in [6, 6.07) is 9.68. The van der Waals surface area contributed by atoms with Gasteiger partial charge in [-0.2, -0.15) is 0 Å². The van der Waals surface area contributed by atoms with Crippen LogP contribution in [0.15, 0.2) is 40.9 Å². The van der Waals surface area contributed by atoms with Gasteiger partial charge in [-0.25, -0.2) is 8.42 Å². The molecule has 0 saturated carbocycles. The number of hydrogen-bond donors (Lipinski definition) is 2. The van der Waals surface area contributed by atoms with Crippen LogP contribution in [0.4, 0.5) is 11.4 Å². The lowest BCUT2D eigenvalue weighted by Crippen LogP contribution is -2.16. The first-order chi connectivity index (χ1) is 12.2. The highest BCUT2D eigenvalue weighted by Gasteiger charge is 2.17. The molecule has 0 spiro atoms. The van der Waals surface area contributed by atoms with Crippen molar-refractivity contribution in [3.05, 3.63) is 46.4 Å². The van der Waals surface area contributed by atoms with Crippen molar-refractivity contribution in [2.45, 2.75) is 6.92 Å². The lowest BCUT2D eigenvalue weighted by atomic mass is 10.1. The molecule has 0 bridgehead atoms. The molecule has 1 amide bonds. The van der Waals surface area contributed by atoms with Crippen LogP contribution < -0.4 is 19.5 Å². The normalized spacial score (nSPS) is 10.9. The highest BCUT2D eigenvalue weighted by Crippen LogP contribution is 2.37. The number of methoxy groups -OCH3 is 1. The molecule has 7 nitrogen and oxygen atoms in total. The van der Waals surface area contributed by atoms with Crippen LogP contribution in [0.1, 0.15) is 17.3 Å². The molecule has 140 valence electrons. The third-order valence-electron chi connectivity index (χ3n) is 3.25. The number of anilines is 2. The molecule has 9 heteroatoms. The van der Waals surface area contributed by atoms with E-state index in [4.69, 9.17) is 9.47 Å². The van der Waals surface area contributed by atoms with Gasteiger partial charge in [0.2, 0.25) is 10.0 Å². The molecular weight excluding hydrogens is 424 g/mol. The Bertz CT molecular complexity index is 915. The first-order valence-electron chi connectivity index (χ1n) is 7.63. The maximum Gasteiger partial charge on any atom is 0.255 e. The van der Waals surface area contributed by atoms with Crippen molar-refractivity contribution >= 4 is 43.2 Å². The molecule has 26 heavy (non-hydrogen) atoms. The Morgan fingerprint density at radius 2 is 1.85 bits per heavy atom. The Morgan fingerprint density at radius 3 is 2.42 bits per heavy atom. The fourth-order valence-electron chi connectivity index (χ4n) is 2.21. The number of ether oxygens (including phenoxy) is 2. The van der Waals surface area contributed by atoms with E-state index in [9.17, 15) is 13.2 Å². The van der Waals surface area contributed by atoms with E-state index in [1.165, 1.54) is 7.11 Å². The summed E-state index contributed by atoms with van der Waals surface area (Å²) in [5.41, 5.74) is 0.943. The Balaban J connectivity index is 2.33. The Kier molecular flexibility index (Phi) is 6.49. The SMILES string of the molecule is CCOc1c(Br)cc(C(=O)Nc2ccccc2NS(C)(=O)=O)cc1OC. The third-order valence-corrected chi connectivity index (χ3v) is 4.43. The monoisotopic (exact) mass is 442 g/mol. The zero-order chi connectivity index (χ0) is 19.3. The zero-order valence-corrected chi connectivity index (χ0v) is 16.9. The molecule has 0 heterocycles. The Morgan fingerprint density at radius 1 is 1.19 bits per heavy atom. The van der Waals surface area contributed by atoms with Gasteiger partial charge in [0, 0.05) is 5.56 Å². The number of halogens is 1. The van der Waals surface area contributed by atoms with Gasteiger partial charge in [0.15, 0.2) is 11.5 Å². The van der Waals surface area contributed by atoms with Crippen LogP contribution in [-0.2, 0) is 10.0 Å². The predicted molar refractivity (Wildman–Crippen MR) is 105 cm³/mol. The summed E-state index contributed by atoms with van der Waals surface area (Å²) in [6.07, 6.45) is 1.04. The van der Waals surface area contributed by atoms with Crippen LogP contribution in [0.25, 0.3) is 0 Å². The van der Waals surface area contributed by atoms with Crippen LogP contribution in [0, 0.1) is 0 Å². The van der Waals surface area contributed by atoms with Gasteiger partial charge in [0.1, 0.15) is 0 Å². The summed E-state index contributed by atoms with van der Waals surface area (Å²) in [7, 11) is -1.99. The molecule has 0 aliphatic rings. The fraction of sp³-hybridized carbons (Fsp3) is 0.235. The average Bonchev–Trinajstić information content (AvgIpc) is 2.57. The molecule has 2 rings (SSSR count). The molecule has 0 aromatic heterocycles. The third kappa shape index (κ3) is 5.12. The number of carbonyl (C=O) groups is 1. The van der Waals surface area contributed by atoms with Crippen molar-refractivity contribution in [1.82, 2.24) is 0 Å². The van der Waals surface area contributed by atoms with E-state index in [1.54, 1.807) is 36.4 Å². The number of para-hydroxylation sites is 2. The number of benzene rings is 2. The van der Waals surface area contributed by atoms with Crippen LogP contribution in [0.5, 0.6) is 11.5 Å². The van der Waals surface area contributed by atoms with Gasteiger partial charge in [0.05, 0.1) is 35.8 Å². The van der Waals surface area contributed by atoms with Gasteiger partial charge in [-0.15, -0.1) is 0 Å². The van der Waals surface area contributed by atoms with Crippen molar-refractivity contribution in [3.63, 3.8) is 0 Å². The van der Waals surface area contributed by atoms with Crippen LogP contribution in [-0.4, -0.2) is 34.3 Å². The second kappa shape index (κ2) is 8.41. The van der Waals surface area contributed by atoms with E-state index < -0.39 is 15.9 Å². The van der Waals surface area contributed by atoms with E-state index in [-0.39, 0.29) is 5.69 Å². The smallest absolute Gasteiger partial charge is 0.255 e. The summed E-state index contributed by atoms with van der Waals surface area (Å²) >= 11 is 3.37. The fourth-order valence-corrected chi connectivity index (χ4v) is 3.34. The second-order valence-electron chi connectivity index (χ2n) is 5.30. The lowest BCUT2D eigenvalue weighted by molar-refractivity contribution is 0.102. The van der Waals surface area contributed by atoms with Gasteiger partial charge < -0.3 is 14.8 Å². The lowest BCUT2D eigenvalue weighted by Gasteiger charge is -2.15. The topological polar surface area (TPSA) is 93.7 Å². The molecule has 2 N–H and O–H groups in total. The minimum Gasteiger partial charge on any atom is -0.493 e.